The van der Waals surface area contributed by atoms with E-state index in [-0.39, 0.29) is 11.5 Å². The van der Waals surface area contributed by atoms with Crippen molar-refractivity contribution in [2.75, 3.05) is 0 Å². The Morgan fingerprint density at radius 2 is 1.52 bits per heavy atom. The standard InChI is InChI=1S/C23H13Cl3O3/c24-15-11-14(12-16(25)13-15)21-8-6-17(28-21)5-7-20(27)23-10-9-22(29-23)18-3-1-2-4-19(18)26/h1-13H/b7-5+. The molecular formula is C23H13Cl3O3. The molecule has 6 heteroatoms. The van der Waals surface area contributed by atoms with Crippen molar-refractivity contribution in [1.29, 1.82) is 0 Å². The van der Waals surface area contributed by atoms with E-state index in [0.717, 1.165) is 11.1 Å². The fourth-order valence-corrected chi connectivity index (χ4v) is 3.56. The lowest BCUT2D eigenvalue weighted by Crippen LogP contribution is -1.90. The fraction of sp³-hybridized carbons (Fsp3) is 0. The lowest BCUT2D eigenvalue weighted by atomic mass is 10.2. The Labute approximate surface area is 182 Å². The molecule has 29 heavy (non-hydrogen) atoms. The third-order valence-electron chi connectivity index (χ3n) is 4.16. The van der Waals surface area contributed by atoms with Crippen LogP contribution in [0.1, 0.15) is 16.3 Å². The molecule has 0 saturated carbocycles. The summed E-state index contributed by atoms with van der Waals surface area (Å²) in [7, 11) is 0. The number of ketones is 1. The van der Waals surface area contributed by atoms with Gasteiger partial charge in [-0.2, -0.15) is 0 Å². The van der Waals surface area contributed by atoms with Gasteiger partial charge in [0.05, 0.1) is 5.02 Å². The van der Waals surface area contributed by atoms with Crippen LogP contribution in [0.3, 0.4) is 0 Å². The first-order valence-electron chi connectivity index (χ1n) is 8.63. The summed E-state index contributed by atoms with van der Waals surface area (Å²) in [5.41, 5.74) is 1.48. The number of carbonyl (C=O) groups is 1. The molecule has 0 spiro atoms. The van der Waals surface area contributed by atoms with Crippen LogP contribution in [0.4, 0.5) is 0 Å². The largest absolute Gasteiger partial charge is 0.457 e. The number of halogens is 3. The van der Waals surface area contributed by atoms with Crippen LogP contribution in [0.2, 0.25) is 15.1 Å². The van der Waals surface area contributed by atoms with Gasteiger partial charge in [0.15, 0.2) is 5.76 Å². The summed E-state index contributed by atoms with van der Waals surface area (Å²) in [5, 5.41) is 1.59. The van der Waals surface area contributed by atoms with E-state index in [1.807, 2.05) is 18.2 Å². The summed E-state index contributed by atoms with van der Waals surface area (Å²) < 4.78 is 11.4. The van der Waals surface area contributed by atoms with Gasteiger partial charge in [-0.15, -0.1) is 0 Å². The van der Waals surface area contributed by atoms with Crippen molar-refractivity contribution in [1.82, 2.24) is 0 Å². The Balaban J connectivity index is 1.51. The summed E-state index contributed by atoms with van der Waals surface area (Å²) >= 11 is 18.2. The van der Waals surface area contributed by atoms with E-state index in [1.54, 1.807) is 54.6 Å². The summed E-state index contributed by atoms with van der Waals surface area (Å²) in [6, 6.07) is 19.3. The number of furan rings is 2. The van der Waals surface area contributed by atoms with Crippen LogP contribution in [0.15, 0.2) is 81.6 Å². The van der Waals surface area contributed by atoms with Gasteiger partial charge in [-0.3, -0.25) is 4.79 Å². The van der Waals surface area contributed by atoms with E-state index >= 15 is 0 Å². The molecule has 0 bridgehead atoms. The summed E-state index contributed by atoms with van der Waals surface area (Å²) in [4.78, 5) is 12.4. The number of benzene rings is 2. The quantitative estimate of drug-likeness (QED) is 0.231. The Kier molecular flexibility index (Phi) is 5.63. The van der Waals surface area contributed by atoms with Gasteiger partial charge in [0, 0.05) is 21.2 Å². The molecule has 0 unspecified atom stereocenters. The molecule has 0 aliphatic heterocycles. The van der Waals surface area contributed by atoms with Crippen LogP contribution in [0.25, 0.3) is 28.7 Å². The van der Waals surface area contributed by atoms with Crippen molar-refractivity contribution >= 4 is 46.7 Å². The maximum Gasteiger partial charge on any atom is 0.221 e. The zero-order valence-electron chi connectivity index (χ0n) is 14.9. The number of hydrogen-bond donors (Lipinski definition) is 0. The monoisotopic (exact) mass is 442 g/mol. The highest BCUT2D eigenvalue weighted by Gasteiger charge is 2.12. The average molecular weight is 444 g/mol. The Bertz CT molecular complexity index is 1200. The minimum atomic E-state index is -0.285. The Morgan fingerprint density at radius 1 is 0.793 bits per heavy atom. The van der Waals surface area contributed by atoms with Gasteiger partial charge >= 0.3 is 0 Å². The molecule has 2 heterocycles. The second-order valence-corrected chi connectivity index (χ2v) is 7.48. The highest BCUT2D eigenvalue weighted by atomic mass is 35.5. The van der Waals surface area contributed by atoms with Gasteiger partial charge in [0.25, 0.3) is 0 Å². The zero-order chi connectivity index (χ0) is 20.4. The third kappa shape index (κ3) is 4.48. The van der Waals surface area contributed by atoms with Crippen LogP contribution in [0, 0.1) is 0 Å². The van der Waals surface area contributed by atoms with Crippen molar-refractivity contribution in [3.63, 3.8) is 0 Å². The van der Waals surface area contributed by atoms with Gasteiger partial charge in [-0.1, -0.05) is 46.9 Å². The summed E-state index contributed by atoms with van der Waals surface area (Å²) in [5.74, 6) is 1.57. The molecule has 144 valence electrons. The minimum absolute atomic E-state index is 0.213. The predicted molar refractivity (Wildman–Crippen MR) is 117 cm³/mol. The van der Waals surface area contributed by atoms with Crippen molar-refractivity contribution in [2.24, 2.45) is 0 Å². The molecule has 4 rings (SSSR count). The zero-order valence-corrected chi connectivity index (χ0v) is 17.1. The number of rotatable bonds is 5. The van der Waals surface area contributed by atoms with Crippen LogP contribution in [0.5, 0.6) is 0 Å². The third-order valence-corrected chi connectivity index (χ3v) is 4.93. The lowest BCUT2D eigenvalue weighted by molar-refractivity contribution is 0.102. The first-order valence-corrected chi connectivity index (χ1v) is 9.76. The molecular weight excluding hydrogens is 431 g/mol. The van der Waals surface area contributed by atoms with Gasteiger partial charge in [0.1, 0.15) is 17.3 Å². The second kappa shape index (κ2) is 8.34. The topological polar surface area (TPSA) is 43.4 Å². The van der Waals surface area contributed by atoms with Crippen LogP contribution < -0.4 is 0 Å². The Hall–Kier alpha value is -2.72. The minimum Gasteiger partial charge on any atom is -0.457 e. The van der Waals surface area contributed by atoms with Crippen LogP contribution in [-0.4, -0.2) is 5.78 Å². The molecule has 0 saturated heterocycles. The fourth-order valence-electron chi connectivity index (χ4n) is 2.81. The van der Waals surface area contributed by atoms with Crippen molar-refractivity contribution in [3.8, 4) is 22.6 Å². The highest BCUT2D eigenvalue weighted by Crippen LogP contribution is 2.30. The van der Waals surface area contributed by atoms with Gasteiger partial charge < -0.3 is 8.83 Å². The van der Waals surface area contributed by atoms with Crippen molar-refractivity contribution < 1.29 is 13.6 Å². The summed E-state index contributed by atoms with van der Waals surface area (Å²) in [6.07, 6.45) is 2.97. The SMILES string of the molecule is O=C(/C=C/c1ccc(-c2cc(Cl)cc(Cl)c2)o1)c1ccc(-c2ccccc2Cl)o1. The molecule has 0 fully saturated rings. The molecule has 0 aliphatic rings. The Morgan fingerprint density at radius 3 is 2.28 bits per heavy atom. The molecule has 0 atom stereocenters. The maximum atomic E-state index is 12.4. The number of hydrogen-bond acceptors (Lipinski definition) is 3. The second-order valence-electron chi connectivity index (χ2n) is 6.20. The molecule has 0 amide bonds. The molecule has 0 N–H and O–H groups in total. The van der Waals surface area contributed by atoms with Gasteiger partial charge in [0.2, 0.25) is 5.78 Å². The molecule has 2 aromatic heterocycles. The summed E-state index contributed by atoms with van der Waals surface area (Å²) in [6.45, 7) is 0. The average Bonchev–Trinajstić information content (AvgIpc) is 3.36. The molecule has 0 radical (unpaired) electrons. The van der Waals surface area contributed by atoms with Crippen molar-refractivity contribution in [3.05, 3.63) is 99.4 Å². The molecule has 0 aliphatic carbocycles. The van der Waals surface area contributed by atoms with Crippen LogP contribution in [-0.2, 0) is 0 Å². The van der Waals surface area contributed by atoms with E-state index in [9.17, 15) is 4.79 Å². The molecule has 4 aromatic rings. The number of allylic oxidation sites excluding steroid dienone is 1. The first kappa shape index (κ1) is 19.6. The normalized spacial score (nSPS) is 11.3. The lowest BCUT2D eigenvalue weighted by Gasteiger charge is -1.99. The van der Waals surface area contributed by atoms with Crippen molar-refractivity contribution in [2.45, 2.75) is 0 Å². The first-order chi connectivity index (χ1) is 14.0. The van der Waals surface area contributed by atoms with E-state index in [2.05, 4.69) is 0 Å². The number of carbonyl (C=O) groups excluding carboxylic acids is 1. The molecule has 3 nitrogen and oxygen atoms in total. The highest BCUT2D eigenvalue weighted by molar-refractivity contribution is 6.35. The maximum absolute atomic E-state index is 12.4. The van der Waals surface area contributed by atoms with Gasteiger partial charge in [-0.25, -0.2) is 0 Å². The smallest absolute Gasteiger partial charge is 0.221 e. The van der Waals surface area contributed by atoms with E-state index in [0.29, 0.717) is 32.3 Å². The van der Waals surface area contributed by atoms with Crippen LogP contribution >= 0.6 is 34.8 Å². The predicted octanol–water partition coefficient (Wildman–Crippen LogP) is 8.06. The van der Waals surface area contributed by atoms with E-state index < -0.39 is 0 Å². The van der Waals surface area contributed by atoms with E-state index in [4.69, 9.17) is 43.6 Å². The van der Waals surface area contributed by atoms with E-state index in [1.165, 1.54) is 6.08 Å². The molecule has 2 aromatic carbocycles. The van der Waals surface area contributed by atoms with Gasteiger partial charge in [-0.05, 0) is 66.7 Å².